The number of nitrogens with zero attached hydrogens (tertiary/aromatic N) is 2. The summed E-state index contributed by atoms with van der Waals surface area (Å²) in [5.41, 5.74) is 1.26. The smallest absolute Gasteiger partial charge is 0.297 e. The maximum Gasteiger partial charge on any atom is 0.398 e. The van der Waals surface area contributed by atoms with Crippen LogP contribution in [0.1, 0.15) is 56.7 Å². The number of halogens is 3. The van der Waals surface area contributed by atoms with Gasteiger partial charge in [-0.1, -0.05) is 54.6 Å². The van der Waals surface area contributed by atoms with E-state index >= 15 is 0 Å². The van der Waals surface area contributed by atoms with Crippen molar-refractivity contribution in [1.29, 1.82) is 5.26 Å². The van der Waals surface area contributed by atoms with E-state index in [1.807, 2.05) is 18.2 Å². The first-order valence-corrected chi connectivity index (χ1v) is 10.5. The van der Waals surface area contributed by atoms with Gasteiger partial charge in [0.2, 0.25) is 0 Å². The second-order valence-corrected chi connectivity index (χ2v) is 8.15. The Bertz CT molecular complexity index is 801. The lowest BCUT2D eigenvalue weighted by molar-refractivity contribution is -0.160. The van der Waals surface area contributed by atoms with Crippen molar-refractivity contribution in [2.24, 2.45) is 0 Å². The number of hydrogen-bond acceptors (Lipinski definition) is 2. The molecule has 0 N–H and O–H groups in total. The topological polar surface area (TPSA) is 27.0 Å². The number of hydrogen-bond donors (Lipinski definition) is 0. The van der Waals surface area contributed by atoms with Crippen LogP contribution in [0.2, 0.25) is 0 Å². The molecule has 0 heterocycles. The maximum atomic E-state index is 13.2. The van der Waals surface area contributed by atoms with Crippen molar-refractivity contribution >= 4 is 0 Å². The van der Waals surface area contributed by atoms with Crippen molar-refractivity contribution in [2.45, 2.75) is 70.6 Å². The molecule has 2 aromatic rings. The van der Waals surface area contributed by atoms with Crippen molar-refractivity contribution in [2.75, 3.05) is 6.54 Å². The number of aryl methyl sites for hydroxylation is 1. The third-order valence-corrected chi connectivity index (χ3v) is 5.67. The number of rotatable bonds is 8. The van der Waals surface area contributed by atoms with E-state index in [1.165, 1.54) is 12.5 Å². The highest BCUT2D eigenvalue weighted by molar-refractivity contribution is 5.35. The van der Waals surface area contributed by atoms with E-state index in [4.69, 9.17) is 5.26 Å². The molecule has 1 fully saturated rings. The molecule has 0 unspecified atom stereocenters. The van der Waals surface area contributed by atoms with Gasteiger partial charge in [-0.15, -0.1) is 0 Å². The van der Waals surface area contributed by atoms with E-state index in [2.05, 4.69) is 43.0 Å². The summed E-state index contributed by atoms with van der Waals surface area (Å²) in [6, 6.07) is 19.7. The van der Waals surface area contributed by atoms with E-state index in [0.717, 1.165) is 31.5 Å². The van der Waals surface area contributed by atoms with E-state index in [9.17, 15) is 13.2 Å². The van der Waals surface area contributed by atoms with Crippen LogP contribution in [0, 0.1) is 11.3 Å². The van der Waals surface area contributed by atoms with E-state index in [1.54, 1.807) is 18.2 Å². The van der Waals surface area contributed by atoms with E-state index in [-0.39, 0.29) is 12.8 Å². The Labute approximate surface area is 178 Å². The summed E-state index contributed by atoms with van der Waals surface area (Å²) in [5, 5.41) is 7.32. The monoisotopic (exact) mass is 416 g/mol. The Kier molecular flexibility index (Phi) is 8.49. The summed E-state index contributed by atoms with van der Waals surface area (Å²) in [5.74, 6) is 0. The first kappa shape index (κ1) is 24.0. The molecule has 2 nitrogen and oxygen atoms in total. The van der Waals surface area contributed by atoms with Crippen molar-refractivity contribution in [3.05, 3.63) is 71.3 Å². The van der Waals surface area contributed by atoms with E-state index in [0.29, 0.717) is 11.6 Å². The van der Waals surface area contributed by atoms with Crippen LogP contribution in [-0.2, 0) is 18.4 Å². The SMILES string of the molecule is CC#N.CC(C)N(CCCc1ccc(C2(C(F)(F)F)CC2)cc1)Cc1ccccc1. The summed E-state index contributed by atoms with van der Waals surface area (Å²) >= 11 is 0. The Morgan fingerprint density at radius 3 is 2.03 bits per heavy atom. The largest absolute Gasteiger partial charge is 0.398 e. The van der Waals surface area contributed by atoms with Crippen LogP contribution < -0.4 is 0 Å². The second-order valence-electron chi connectivity index (χ2n) is 8.15. The molecule has 0 aromatic heterocycles. The lowest BCUT2D eigenvalue weighted by Gasteiger charge is -2.26. The van der Waals surface area contributed by atoms with Gasteiger partial charge in [0, 0.05) is 19.5 Å². The highest BCUT2D eigenvalue weighted by Crippen LogP contribution is 2.58. The summed E-state index contributed by atoms with van der Waals surface area (Å²) in [6.07, 6.45) is -1.81. The molecule has 162 valence electrons. The van der Waals surface area contributed by atoms with Crippen LogP contribution in [-0.4, -0.2) is 23.7 Å². The Balaban J connectivity index is 0.00000101. The van der Waals surface area contributed by atoms with Crippen LogP contribution in [0.15, 0.2) is 54.6 Å². The molecule has 1 aliphatic carbocycles. The van der Waals surface area contributed by atoms with Gasteiger partial charge in [0.25, 0.3) is 0 Å². The van der Waals surface area contributed by atoms with Crippen LogP contribution >= 0.6 is 0 Å². The molecule has 30 heavy (non-hydrogen) atoms. The van der Waals surface area contributed by atoms with Crippen molar-refractivity contribution in [1.82, 2.24) is 4.90 Å². The first-order valence-electron chi connectivity index (χ1n) is 10.5. The molecule has 0 atom stereocenters. The van der Waals surface area contributed by atoms with Crippen LogP contribution in [0.4, 0.5) is 13.2 Å². The van der Waals surface area contributed by atoms with Crippen LogP contribution in [0.25, 0.3) is 0 Å². The molecular formula is C25H31F3N2. The molecule has 0 aliphatic heterocycles. The van der Waals surface area contributed by atoms with Gasteiger partial charge in [-0.25, -0.2) is 0 Å². The second kappa shape index (κ2) is 10.6. The summed E-state index contributed by atoms with van der Waals surface area (Å²) < 4.78 is 39.7. The summed E-state index contributed by atoms with van der Waals surface area (Å²) in [7, 11) is 0. The molecule has 0 bridgehead atoms. The molecular weight excluding hydrogens is 385 g/mol. The van der Waals surface area contributed by atoms with Gasteiger partial charge in [-0.05, 0) is 62.8 Å². The van der Waals surface area contributed by atoms with Gasteiger partial charge >= 0.3 is 6.18 Å². The third-order valence-electron chi connectivity index (χ3n) is 5.67. The highest BCUT2D eigenvalue weighted by atomic mass is 19.4. The average molecular weight is 417 g/mol. The molecule has 2 aromatic carbocycles. The Hall–Kier alpha value is -2.32. The number of alkyl halides is 3. The summed E-state index contributed by atoms with van der Waals surface area (Å²) in [4.78, 5) is 2.44. The molecule has 0 saturated heterocycles. The minimum Gasteiger partial charge on any atom is -0.297 e. The zero-order valence-electron chi connectivity index (χ0n) is 18.0. The fourth-order valence-electron chi connectivity index (χ4n) is 3.68. The zero-order valence-corrected chi connectivity index (χ0v) is 18.0. The predicted octanol–water partition coefficient (Wildman–Crippen LogP) is 6.65. The van der Waals surface area contributed by atoms with Crippen molar-refractivity contribution < 1.29 is 13.2 Å². The van der Waals surface area contributed by atoms with Crippen molar-refractivity contribution in [3.63, 3.8) is 0 Å². The maximum absolute atomic E-state index is 13.2. The molecule has 0 spiro atoms. The molecule has 5 heteroatoms. The number of benzene rings is 2. The first-order chi connectivity index (χ1) is 14.2. The lowest BCUT2D eigenvalue weighted by Crippen LogP contribution is -2.31. The minimum atomic E-state index is -4.14. The number of nitriles is 1. The molecule has 3 rings (SSSR count). The van der Waals surface area contributed by atoms with Gasteiger partial charge in [-0.3, -0.25) is 4.90 Å². The fourth-order valence-corrected chi connectivity index (χ4v) is 3.68. The lowest BCUT2D eigenvalue weighted by atomic mass is 9.94. The van der Waals surface area contributed by atoms with Gasteiger partial charge in [0.15, 0.2) is 0 Å². The normalized spacial score (nSPS) is 14.8. The fraction of sp³-hybridized carbons (Fsp3) is 0.480. The highest BCUT2D eigenvalue weighted by Gasteiger charge is 2.64. The quantitative estimate of drug-likeness (QED) is 0.481. The summed E-state index contributed by atoms with van der Waals surface area (Å²) in [6.45, 7) is 7.72. The van der Waals surface area contributed by atoms with Gasteiger partial charge in [0.1, 0.15) is 0 Å². The minimum absolute atomic E-state index is 0.221. The van der Waals surface area contributed by atoms with Crippen molar-refractivity contribution in [3.8, 4) is 6.07 Å². The molecule has 1 saturated carbocycles. The zero-order chi connectivity index (χ0) is 22.2. The van der Waals surface area contributed by atoms with Gasteiger partial charge in [-0.2, -0.15) is 18.4 Å². The Morgan fingerprint density at radius 1 is 1.00 bits per heavy atom. The third kappa shape index (κ3) is 6.34. The molecule has 0 amide bonds. The predicted molar refractivity (Wildman–Crippen MR) is 115 cm³/mol. The Morgan fingerprint density at radius 2 is 1.57 bits per heavy atom. The van der Waals surface area contributed by atoms with Crippen LogP contribution in [0.3, 0.4) is 0 Å². The molecule has 1 aliphatic rings. The van der Waals surface area contributed by atoms with Gasteiger partial charge in [0.05, 0.1) is 11.5 Å². The van der Waals surface area contributed by atoms with Crippen LogP contribution in [0.5, 0.6) is 0 Å². The van der Waals surface area contributed by atoms with E-state index < -0.39 is 11.6 Å². The standard InChI is InChI=1S/C23H28F3N.C2H3N/c1-18(2)27(17-20-7-4-3-5-8-20)16-6-9-19-10-12-21(13-11-19)22(14-15-22)23(24,25)26;1-2-3/h3-5,7-8,10-13,18H,6,9,14-17H2,1-2H3;1H3. The van der Waals surface area contributed by atoms with Gasteiger partial charge < -0.3 is 0 Å². The average Bonchev–Trinajstić information content (AvgIpc) is 3.51. The molecule has 0 radical (unpaired) electrons.